The number of benzene rings is 1. The predicted molar refractivity (Wildman–Crippen MR) is 134 cm³/mol. The van der Waals surface area contributed by atoms with Crippen molar-refractivity contribution in [2.24, 2.45) is 0 Å². The number of hydrogen-bond acceptors (Lipinski definition) is 6. The molecule has 0 fully saturated rings. The number of hydrogen-bond donors (Lipinski definition) is 0. The molecule has 5 nitrogen and oxygen atoms in total. The van der Waals surface area contributed by atoms with Gasteiger partial charge >= 0.3 is 6.18 Å². The number of halogens is 4. The van der Waals surface area contributed by atoms with E-state index < -0.39 is 11.9 Å². The molecule has 12 heteroatoms. The summed E-state index contributed by atoms with van der Waals surface area (Å²) in [5, 5.41) is 4.11. The molecule has 5 rings (SSSR count). The van der Waals surface area contributed by atoms with E-state index in [0.717, 1.165) is 31.3 Å². The molecule has 0 aliphatic carbocycles. The van der Waals surface area contributed by atoms with E-state index in [4.69, 9.17) is 16.0 Å². The minimum atomic E-state index is -4.52. The summed E-state index contributed by atoms with van der Waals surface area (Å²) in [6.45, 7) is 2.54. The molecule has 0 saturated heterocycles. The minimum absolute atomic E-state index is 0.0824. The average Bonchev–Trinajstić information content (AvgIpc) is 3.56. The normalized spacial score (nSPS) is 15.8. The molecule has 0 bridgehead atoms. The Bertz CT molecular complexity index is 1600. The van der Waals surface area contributed by atoms with Crippen molar-refractivity contribution in [2.45, 2.75) is 31.1 Å². The van der Waals surface area contributed by atoms with Gasteiger partial charge in [-0.3, -0.25) is 9.36 Å². The Morgan fingerprint density at radius 2 is 2.03 bits per heavy atom. The summed E-state index contributed by atoms with van der Waals surface area (Å²) in [5.41, 5.74) is 0.907. The van der Waals surface area contributed by atoms with Crippen molar-refractivity contribution in [3.05, 3.63) is 83.0 Å². The maximum Gasteiger partial charge on any atom is 0.449 e. The van der Waals surface area contributed by atoms with E-state index >= 15 is 0 Å². The van der Waals surface area contributed by atoms with E-state index in [1.807, 2.05) is 48.5 Å². The van der Waals surface area contributed by atoms with E-state index in [9.17, 15) is 18.0 Å². The largest absolute Gasteiger partial charge is 0.450 e. The molecule has 1 aromatic carbocycles. The highest BCUT2D eigenvalue weighted by atomic mass is 35.5. The zero-order chi connectivity index (χ0) is 24.9. The van der Waals surface area contributed by atoms with Crippen molar-refractivity contribution < 1.29 is 22.2 Å². The van der Waals surface area contributed by atoms with Crippen molar-refractivity contribution in [1.29, 1.82) is 0 Å². The Morgan fingerprint density at radius 3 is 2.74 bits per heavy atom. The number of anilines is 1. The summed E-state index contributed by atoms with van der Waals surface area (Å²) in [6.07, 6.45) is -0.850. The number of furan rings is 1. The van der Waals surface area contributed by atoms with Crippen LogP contribution in [-0.2, 0) is 19.3 Å². The monoisotopic (exact) mass is 556 g/mol. The summed E-state index contributed by atoms with van der Waals surface area (Å²) < 4.78 is 48.5. The highest BCUT2D eigenvalue weighted by molar-refractivity contribution is 8.08. The lowest BCUT2D eigenvalue weighted by Gasteiger charge is -2.12. The van der Waals surface area contributed by atoms with Crippen LogP contribution in [0.2, 0.25) is 5.02 Å². The van der Waals surface area contributed by atoms with Gasteiger partial charge in [-0.25, -0.2) is 0 Å². The van der Waals surface area contributed by atoms with Gasteiger partial charge in [0.05, 0.1) is 17.1 Å². The molecular formula is C23H18ClF3N3O2S3+. The number of thiazole rings is 2. The number of alkyl halides is 3. The third kappa shape index (κ3) is 4.57. The van der Waals surface area contributed by atoms with Gasteiger partial charge in [0.15, 0.2) is 12.0 Å². The molecule has 35 heavy (non-hydrogen) atoms. The molecule has 3 aromatic heterocycles. The van der Waals surface area contributed by atoms with Gasteiger partial charge in [0, 0.05) is 23.5 Å². The first-order valence-electron chi connectivity index (χ1n) is 10.5. The number of thioether (sulfide) groups is 1. The Hall–Kier alpha value is -2.47. The van der Waals surface area contributed by atoms with Crippen LogP contribution in [0.4, 0.5) is 18.9 Å². The third-order valence-electron chi connectivity index (χ3n) is 5.44. The smallest absolute Gasteiger partial charge is 0.449 e. The molecule has 0 unspecified atom stereocenters. The van der Waals surface area contributed by atoms with E-state index in [2.05, 4.69) is 0 Å². The molecular weight excluding hydrogens is 539 g/mol. The molecule has 1 aliphatic heterocycles. The molecule has 1 aliphatic rings. The molecule has 4 aromatic rings. The van der Waals surface area contributed by atoms with Crippen molar-refractivity contribution >= 4 is 62.8 Å². The third-order valence-corrected chi connectivity index (χ3v) is 9.00. The van der Waals surface area contributed by atoms with Gasteiger partial charge in [0.1, 0.15) is 14.2 Å². The van der Waals surface area contributed by atoms with E-state index in [1.54, 1.807) is 15.3 Å². The zero-order valence-electron chi connectivity index (χ0n) is 18.4. The summed E-state index contributed by atoms with van der Waals surface area (Å²) in [4.78, 5) is 16.3. The summed E-state index contributed by atoms with van der Waals surface area (Å²) in [5.74, 6) is -0.819. The molecule has 0 saturated carbocycles. The van der Waals surface area contributed by atoms with Gasteiger partial charge in [-0.15, -0.1) is 11.3 Å². The Labute approximate surface area is 215 Å². The first-order chi connectivity index (χ1) is 16.7. The van der Waals surface area contributed by atoms with Crippen LogP contribution in [0.15, 0.2) is 56.0 Å². The predicted octanol–water partition coefficient (Wildman–Crippen LogP) is 4.73. The van der Waals surface area contributed by atoms with Gasteiger partial charge in [0.25, 0.3) is 10.6 Å². The molecule has 0 radical (unpaired) electrons. The molecule has 0 spiro atoms. The van der Waals surface area contributed by atoms with Crippen molar-refractivity contribution in [3.63, 3.8) is 0 Å². The Balaban J connectivity index is 1.55. The molecule has 0 N–H and O–H groups in total. The van der Waals surface area contributed by atoms with Crippen LogP contribution in [-0.4, -0.2) is 11.6 Å². The standard InChI is InChI=1S/C23H18ClF3N3O2S3/c1-3-30-19(11-18-29(8-9-33-18)12-14-5-7-17(32-14)23(25,26)27)35-20(21(30)31)22-28(2)15-6-4-13(24)10-16(15)34-22/h4-11H,3,12H2,1-2H3/q+1. The topological polar surface area (TPSA) is 42.3 Å². The first kappa shape index (κ1) is 24.2. The van der Waals surface area contributed by atoms with Gasteiger partial charge in [-0.1, -0.05) is 34.7 Å². The van der Waals surface area contributed by atoms with Crippen molar-refractivity contribution in [3.8, 4) is 0 Å². The fraction of sp³-hybridized carbons (Fsp3) is 0.217. The average molecular weight is 557 g/mol. The van der Waals surface area contributed by atoms with Crippen LogP contribution in [0.3, 0.4) is 0 Å². The lowest BCUT2D eigenvalue weighted by atomic mass is 10.3. The second kappa shape index (κ2) is 9.20. The summed E-state index contributed by atoms with van der Waals surface area (Å²) >= 11 is 10.5. The van der Waals surface area contributed by atoms with Gasteiger partial charge in [-0.2, -0.15) is 17.7 Å². The van der Waals surface area contributed by atoms with Crippen LogP contribution in [0.1, 0.15) is 23.5 Å². The number of rotatable bonds is 4. The number of nitrogens with zero attached hydrogens (tertiary/aromatic N) is 3. The molecule has 4 heterocycles. The second-order valence-electron chi connectivity index (χ2n) is 7.67. The number of fused-ring (bicyclic) bond motifs is 1. The van der Waals surface area contributed by atoms with Crippen LogP contribution in [0.5, 0.6) is 0 Å². The molecule has 0 atom stereocenters. The Morgan fingerprint density at radius 1 is 1.23 bits per heavy atom. The summed E-state index contributed by atoms with van der Waals surface area (Å²) in [6, 6.07) is 7.91. The van der Waals surface area contributed by atoms with Crippen LogP contribution < -0.4 is 24.2 Å². The SMILES string of the molecule is CCn1c(=Cc2scc[n+]2Cc2ccc(C(F)(F)F)o2)sc(=C2Sc3cc(Cl)ccc3N2C)c1=O. The molecule has 0 amide bonds. The van der Waals surface area contributed by atoms with Crippen LogP contribution >= 0.6 is 46.0 Å². The maximum atomic E-state index is 13.3. The minimum Gasteiger partial charge on any atom is -0.450 e. The maximum absolute atomic E-state index is 13.3. The van der Waals surface area contributed by atoms with Gasteiger partial charge < -0.3 is 9.32 Å². The Kier molecular flexibility index (Phi) is 6.37. The first-order valence-corrected chi connectivity index (χ1v) is 13.3. The van der Waals surface area contributed by atoms with E-state index in [1.165, 1.54) is 40.5 Å². The fourth-order valence-electron chi connectivity index (χ4n) is 3.75. The second-order valence-corrected chi connectivity index (χ2v) is 11.1. The van der Waals surface area contributed by atoms with Crippen LogP contribution in [0.25, 0.3) is 11.1 Å². The quantitative estimate of drug-likeness (QED) is 0.341. The van der Waals surface area contributed by atoms with Gasteiger partial charge in [-0.05, 0) is 37.3 Å². The van der Waals surface area contributed by atoms with Crippen molar-refractivity contribution in [1.82, 2.24) is 4.57 Å². The zero-order valence-corrected chi connectivity index (χ0v) is 21.6. The van der Waals surface area contributed by atoms with Crippen LogP contribution in [0, 0.1) is 0 Å². The highest BCUT2D eigenvalue weighted by Gasteiger charge is 2.35. The molecule has 182 valence electrons. The lowest BCUT2D eigenvalue weighted by Crippen LogP contribution is -2.36. The highest BCUT2D eigenvalue weighted by Crippen LogP contribution is 2.46. The number of aromatic nitrogens is 2. The van der Waals surface area contributed by atoms with Gasteiger partial charge in [0.2, 0.25) is 12.3 Å². The van der Waals surface area contributed by atoms with Crippen molar-refractivity contribution in [2.75, 3.05) is 11.9 Å². The summed E-state index contributed by atoms with van der Waals surface area (Å²) in [7, 11) is 1.92. The lowest BCUT2D eigenvalue weighted by molar-refractivity contribution is -0.686. The van der Waals surface area contributed by atoms with E-state index in [-0.39, 0.29) is 17.9 Å². The fourth-order valence-corrected chi connectivity index (χ4v) is 7.34. The van der Waals surface area contributed by atoms with E-state index in [0.29, 0.717) is 16.1 Å².